The predicted molar refractivity (Wildman–Crippen MR) is 74.0 cm³/mol. The largest absolute Gasteiger partial charge is 0.323 e. The number of nitrogens with zero attached hydrogens (tertiary/aromatic N) is 1. The van der Waals surface area contributed by atoms with Crippen LogP contribution in [0.15, 0.2) is 16.9 Å². The number of H-pyrrole nitrogens is 1. The maximum atomic E-state index is 12.0. The van der Waals surface area contributed by atoms with Crippen molar-refractivity contribution in [1.29, 1.82) is 0 Å². The smallest absolute Gasteiger partial charge is 0.274 e. The molecule has 0 atom stereocenters. The van der Waals surface area contributed by atoms with E-state index < -0.39 is 0 Å². The fourth-order valence-electron chi connectivity index (χ4n) is 2.02. The second-order valence-electron chi connectivity index (χ2n) is 4.88. The summed E-state index contributed by atoms with van der Waals surface area (Å²) in [7, 11) is 0. The van der Waals surface area contributed by atoms with Gasteiger partial charge in [0.2, 0.25) is 0 Å². The van der Waals surface area contributed by atoms with Crippen LogP contribution in [0.1, 0.15) is 28.1 Å². The SMILES string of the molecule is Cc1cc(C)c(-c2nc(C)c(C)[nH]c2=O)cc1C. The van der Waals surface area contributed by atoms with Crippen LogP contribution in [0, 0.1) is 34.6 Å². The standard InChI is InChI=1S/C15H18N2O/c1-8-6-10(3)13(7-9(8)2)14-15(18)17-12(5)11(4)16-14/h6-7H,1-5H3,(H,17,18). The highest BCUT2D eigenvalue weighted by Gasteiger charge is 2.11. The zero-order valence-electron chi connectivity index (χ0n) is 11.5. The lowest BCUT2D eigenvalue weighted by Crippen LogP contribution is -2.15. The Morgan fingerprint density at radius 1 is 0.944 bits per heavy atom. The third-order valence-electron chi connectivity index (χ3n) is 3.43. The van der Waals surface area contributed by atoms with Crippen molar-refractivity contribution in [2.75, 3.05) is 0 Å². The quantitative estimate of drug-likeness (QED) is 0.835. The molecule has 0 radical (unpaired) electrons. The Kier molecular flexibility index (Phi) is 3.07. The molecule has 1 N–H and O–H groups in total. The molecule has 0 saturated heterocycles. The summed E-state index contributed by atoms with van der Waals surface area (Å²) in [4.78, 5) is 19.3. The van der Waals surface area contributed by atoms with Crippen LogP contribution >= 0.6 is 0 Å². The van der Waals surface area contributed by atoms with Crippen LogP contribution in [0.5, 0.6) is 0 Å². The fraction of sp³-hybridized carbons (Fsp3) is 0.333. The van der Waals surface area contributed by atoms with Gasteiger partial charge in [0.05, 0.1) is 5.69 Å². The van der Waals surface area contributed by atoms with Crippen molar-refractivity contribution in [2.45, 2.75) is 34.6 Å². The Bertz CT molecular complexity index is 669. The van der Waals surface area contributed by atoms with E-state index in [0.717, 1.165) is 22.5 Å². The molecule has 0 unspecified atom stereocenters. The highest BCUT2D eigenvalue weighted by atomic mass is 16.1. The number of benzene rings is 1. The Labute approximate surface area is 107 Å². The molecule has 94 valence electrons. The third-order valence-corrected chi connectivity index (χ3v) is 3.43. The Balaban J connectivity index is 2.73. The highest BCUT2D eigenvalue weighted by Crippen LogP contribution is 2.23. The van der Waals surface area contributed by atoms with Crippen LogP contribution in [0.3, 0.4) is 0 Å². The molecule has 0 saturated carbocycles. The van der Waals surface area contributed by atoms with Gasteiger partial charge < -0.3 is 4.98 Å². The number of nitrogens with one attached hydrogen (secondary N) is 1. The van der Waals surface area contributed by atoms with Crippen LogP contribution in [0.4, 0.5) is 0 Å². The minimum Gasteiger partial charge on any atom is -0.323 e. The third kappa shape index (κ3) is 2.08. The molecule has 0 amide bonds. The van der Waals surface area contributed by atoms with Gasteiger partial charge in [0.1, 0.15) is 5.69 Å². The van der Waals surface area contributed by atoms with Crippen molar-refractivity contribution >= 4 is 0 Å². The van der Waals surface area contributed by atoms with Gasteiger partial charge in [0.25, 0.3) is 5.56 Å². The molecule has 1 heterocycles. The van der Waals surface area contributed by atoms with E-state index in [-0.39, 0.29) is 5.56 Å². The maximum Gasteiger partial charge on any atom is 0.274 e. The van der Waals surface area contributed by atoms with Gasteiger partial charge in [-0.3, -0.25) is 4.79 Å². The van der Waals surface area contributed by atoms with Gasteiger partial charge in [-0.05, 0) is 57.4 Å². The monoisotopic (exact) mass is 242 g/mol. The molecule has 1 aromatic carbocycles. The number of aromatic nitrogens is 2. The van der Waals surface area contributed by atoms with Crippen LogP contribution in [-0.4, -0.2) is 9.97 Å². The van der Waals surface area contributed by atoms with Crippen LogP contribution in [0.2, 0.25) is 0 Å². The van der Waals surface area contributed by atoms with E-state index in [9.17, 15) is 4.79 Å². The lowest BCUT2D eigenvalue weighted by Gasteiger charge is -2.10. The van der Waals surface area contributed by atoms with Gasteiger partial charge in [0.15, 0.2) is 0 Å². The van der Waals surface area contributed by atoms with E-state index in [1.54, 1.807) is 0 Å². The van der Waals surface area contributed by atoms with Crippen molar-refractivity contribution < 1.29 is 0 Å². The summed E-state index contributed by atoms with van der Waals surface area (Å²) in [6, 6.07) is 4.14. The molecule has 2 rings (SSSR count). The zero-order chi connectivity index (χ0) is 13.4. The molecule has 0 aliphatic rings. The van der Waals surface area contributed by atoms with Gasteiger partial charge >= 0.3 is 0 Å². The molecular weight excluding hydrogens is 224 g/mol. The Morgan fingerprint density at radius 3 is 2.22 bits per heavy atom. The summed E-state index contributed by atoms with van der Waals surface area (Å²) in [5.74, 6) is 0. The van der Waals surface area contributed by atoms with Crippen LogP contribution in [0.25, 0.3) is 11.3 Å². The Hall–Kier alpha value is -1.90. The molecule has 3 nitrogen and oxygen atoms in total. The molecular formula is C15H18N2O. The maximum absolute atomic E-state index is 12.0. The second-order valence-corrected chi connectivity index (χ2v) is 4.88. The van der Waals surface area contributed by atoms with E-state index in [4.69, 9.17) is 0 Å². The van der Waals surface area contributed by atoms with Gasteiger partial charge in [-0.25, -0.2) is 4.98 Å². The molecule has 0 aliphatic carbocycles. The van der Waals surface area contributed by atoms with E-state index in [2.05, 4.69) is 23.0 Å². The van der Waals surface area contributed by atoms with Crippen molar-refractivity contribution in [2.24, 2.45) is 0 Å². The normalized spacial score (nSPS) is 10.7. The summed E-state index contributed by atoms with van der Waals surface area (Å²) in [6.45, 7) is 9.90. The van der Waals surface area contributed by atoms with Crippen LogP contribution in [-0.2, 0) is 0 Å². The van der Waals surface area contributed by atoms with Crippen molar-refractivity contribution in [1.82, 2.24) is 9.97 Å². The molecule has 0 aliphatic heterocycles. The molecule has 0 spiro atoms. The van der Waals surface area contributed by atoms with Gasteiger partial charge in [0, 0.05) is 11.3 Å². The second kappa shape index (κ2) is 4.41. The van der Waals surface area contributed by atoms with Gasteiger partial charge in [-0.15, -0.1) is 0 Å². The molecule has 0 bridgehead atoms. The zero-order valence-corrected chi connectivity index (χ0v) is 11.5. The molecule has 0 fully saturated rings. The van der Waals surface area contributed by atoms with E-state index in [0.29, 0.717) is 5.69 Å². The first-order valence-corrected chi connectivity index (χ1v) is 6.06. The molecule has 3 heteroatoms. The number of aryl methyl sites for hydroxylation is 5. The molecule has 1 aromatic heterocycles. The first-order chi connectivity index (χ1) is 8.40. The van der Waals surface area contributed by atoms with Gasteiger partial charge in [-0.1, -0.05) is 6.07 Å². The summed E-state index contributed by atoms with van der Waals surface area (Å²) in [5.41, 5.74) is 6.49. The topological polar surface area (TPSA) is 45.8 Å². The van der Waals surface area contributed by atoms with Crippen molar-refractivity contribution in [3.63, 3.8) is 0 Å². The number of rotatable bonds is 1. The lowest BCUT2D eigenvalue weighted by atomic mass is 9.99. The molecule has 18 heavy (non-hydrogen) atoms. The first kappa shape index (κ1) is 12.6. The highest BCUT2D eigenvalue weighted by molar-refractivity contribution is 5.64. The summed E-state index contributed by atoms with van der Waals surface area (Å²) < 4.78 is 0. The van der Waals surface area contributed by atoms with Gasteiger partial charge in [-0.2, -0.15) is 0 Å². The average molecular weight is 242 g/mol. The first-order valence-electron chi connectivity index (χ1n) is 6.06. The van der Waals surface area contributed by atoms with E-state index in [1.165, 1.54) is 11.1 Å². The summed E-state index contributed by atoms with van der Waals surface area (Å²) in [6.07, 6.45) is 0. The minimum atomic E-state index is -0.121. The lowest BCUT2D eigenvalue weighted by molar-refractivity contribution is 1.01. The number of aromatic amines is 1. The fourth-order valence-corrected chi connectivity index (χ4v) is 2.02. The minimum absolute atomic E-state index is 0.121. The van der Waals surface area contributed by atoms with Crippen molar-refractivity contribution in [3.8, 4) is 11.3 Å². The van der Waals surface area contributed by atoms with E-state index in [1.807, 2.05) is 33.8 Å². The van der Waals surface area contributed by atoms with Crippen molar-refractivity contribution in [3.05, 3.63) is 50.6 Å². The van der Waals surface area contributed by atoms with E-state index >= 15 is 0 Å². The van der Waals surface area contributed by atoms with Crippen LogP contribution < -0.4 is 5.56 Å². The predicted octanol–water partition coefficient (Wildman–Crippen LogP) is 2.98. The summed E-state index contributed by atoms with van der Waals surface area (Å²) in [5, 5.41) is 0. The average Bonchev–Trinajstić information content (AvgIpc) is 2.29. The number of hydrogen-bond acceptors (Lipinski definition) is 2. The number of hydrogen-bond donors (Lipinski definition) is 1. The summed E-state index contributed by atoms with van der Waals surface area (Å²) >= 11 is 0. The Morgan fingerprint density at radius 2 is 1.56 bits per heavy atom. The molecule has 2 aromatic rings.